The summed E-state index contributed by atoms with van der Waals surface area (Å²) >= 11 is 8.09. The minimum absolute atomic E-state index is 0.0193. The van der Waals surface area contributed by atoms with Crippen molar-refractivity contribution in [2.45, 2.75) is 20.0 Å². The summed E-state index contributed by atoms with van der Waals surface area (Å²) in [7, 11) is 0. The Kier molecular flexibility index (Phi) is 9.49. The molecule has 2 aromatic carbocycles. The Morgan fingerprint density at radius 1 is 0.875 bits per heavy atom. The molecular formula is C16H14I4O4. The van der Waals surface area contributed by atoms with Crippen LogP contribution in [0.2, 0.25) is 0 Å². The van der Waals surface area contributed by atoms with Crippen molar-refractivity contribution in [3.8, 4) is 11.5 Å². The number of phenolic OH excluding ortho intramolecular Hbond substituents is 2. The summed E-state index contributed by atoms with van der Waals surface area (Å²) in [5, 5.41) is 28.1. The van der Waals surface area contributed by atoms with Gasteiger partial charge in [-0.2, -0.15) is 0 Å². The average molecular weight is 778 g/mol. The van der Waals surface area contributed by atoms with Gasteiger partial charge in [0.05, 0.1) is 20.4 Å². The van der Waals surface area contributed by atoms with Gasteiger partial charge in [0.15, 0.2) is 5.78 Å². The van der Waals surface area contributed by atoms with Gasteiger partial charge in [-0.05, 0) is 134 Å². The van der Waals surface area contributed by atoms with E-state index in [1.54, 1.807) is 31.2 Å². The van der Waals surface area contributed by atoms with Crippen molar-refractivity contribution in [3.63, 3.8) is 0 Å². The van der Waals surface area contributed by atoms with Crippen molar-refractivity contribution in [2.75, 3.05) is 0 Å². The SMILES string of the molecule is CC(=O)c1cc(I)c(O)c(I)c1.CC(O)c1cc(I)c(O)c(I)c1. The van der Waals surface area contributed by atoms with Crippen molar-refractivity contribution >= 4 is 96.1 Å². The number of carbonyl (C=O) groups excluding carboxylic acids is 1. The number of phenols is 2. The number of ketones is 1. The summed E-state index contributed by atoms with van der Waals surface area (Å²) in [6, 6.07) is 6.92. The molecule has 0 radical (unpaired) electrons. The van der Waals surface area contributed by atoms with Crippen LogP contribution in [-0.2, 0) is 0 Å². The highest BCUT2D eigenvalue weighted by Crippen LogP contribution is 2.29. The molecule has 0 amide bonds. The summed E-state index contributed by atoms with van der Waals surface area (Å²) in [6.45, 7) is 3.22. The van der Waals surface area contributed by atoms with E-state index in [1.807, 2.05) is 90.4 Å². The zero-order valence-electron chi connectivity index (χ0n) is 12.6. The van der Waals surface area contributed by atoms with Gasteiger partial charge in [0.2, 0.25) is 0 Å². The van der Waals surface area contributed by atoms with E-state index in [9.17, 15) is 20.1 Å². The fourth-order valence-corrected chi connectivity index (χ4v) is 5.18. The average Bonchev–Trinajstić information content (AvgIpc) is 2.49. The predicted molar refractivity (Wildman–Crippen MR) is 128 cm³/mol. The first-order valence-corrected chi connectivity index (χ1v) is 10.9. The molecule has 0 bridgehead atoms. The molecule has 2 rings (SSSR count). The molecule has 0 spiro atoms. The maximum atomic E-state index is 11.0. The molecule has 0 fully saturated rings. The number of benzene rings is 2. The lowest BCUT2D eigenvalue weighted by Gasteiger charge is -2.07. The smallest absolute Gasteiger partial charge is 0.159 e. The third-order valence-electron chi connectivity index (χ3n) is 2.95. The minimum Gasteiger partial charge on any atom is -0.506 e. The van der Waals surface area contributed by atoms with E-state index in [2.05, 4.69) is 0 Å². The lowest BCUT2D eigenvalue weighted by atomic mass is 10.1. The van der Waals surface area contributed by atoms with Crippen LogP contribution in [0.25, 0.3) is 0 Å². The lowest BCUT2D eigenvalue weighted by Crippen LogP contribution is -1.94. The molecule has 0 saturated heterocycles. The largest absolute Gasteiger partial charge is 0.506 e. The Balaban J connectivity index is 0.000000240. The molecule has 0 saturated carbocycles. The van der Waals surface area contributed by atoms with Gasteiger partial charge in [0.1, 0.15) is 11.5 Å². The molecular weight excluding hydrogens is 764 g/mol. The third-order valence-corrected chi connectivity index (χ3v) is 6.23. The number of halogens is 4. The highest BCUT2D eigenvalue weighted by atomic mass is 127. The number of carbonyl (C=O) groups is 1. The predicted octanol–water partition coefficient (Wildman–Crippen LogP) is 5.46. The fourth-order valence-electron chi connectivity index (χ4n) is 1.60. The van der Waals surface area contributed by atoms with Crippen molar-refractivity contribution in [1.29, 1.82) is 0 Å². The Labute approximate surface area is 195 Å². The Hall–Kier alpha value is 0.590. The molecule has 4 nitrogen and oxygen atoms in total. The van der Waals surface area contributed by atoms with E-state index in [4.69, 9.17) is 0 Å². The second kappa shape index (κ2) is 10.1. The summed E-state index contributed by atoms with van der Waals surface area (Å²) in [5.41, 5.74) is 1.48. The van der Waals surface area contributed by atoms with Gasteiger partial charge >= 0.3 is 0 Å². The van der Waals surface area contributed by atoms with E-state index in [0.29, 0.717) is 18.5 Å². The van der Waals surface area contributed by atoms with Crippen LogP contribution < -0.4 is 0 Å². The summed E-state index contributed by atoms with van der Waals surface area (Å²) in [5.74, 6) is 0.563. The molecule has 3 N–H and O–H groups in total. The molecule has 0 aliphatic heterocycles. The maximum absolute atomic E-state index is 11.0. The second-order valence-electron chi connectivity index (χ2n) is 4.85. The van der Waals surface area contributed by atoms with Crippen LogP contribution in [0.3, 0.4) is 0 Å². The number of rotatable bonds is 2. The van der Waals surface area contributed by atoms with Crippen LogP contribution in [0.4, 0.5) is 0 Å². The van der Waals surface area contributed by atoms with Gasteiger partial charge in [0.25, 0.3) is 0 Å². The molecule has 0 aliphatic carbocycles. The first kappa shape index (κ1) is 22.6. The summed E-state index contributed by atoms with van der Waals surface area (Å²) in [6.07, 6.45) is -0.479. The Morgan fingerprint density at radius 3 is 1.50 bits per heavy atom. The quantitative estimate of drug-likeness (QED) is 0.280. The molecule has 1 atom stereocenters. The van der Waals surface area contributed by atoms with Crippen molar-refractivity contribution < 1.29 is 20.1 Å². The maximum Gasteiger partial charge on any atom is 0.159 e. The third kappa shape index (κ3) is 6.39. The van der Waals surface area contributed by atoms with E-state index in [1.165, 1.54) is 6.92 Å². The molecule has 0 aliphatic rings. The van der Waals surface area contributed by atoms with E-state index in [-0.39, 0.29) is 11.5 Å². The number of hydrogen-bond acceptors (Lipinski definition) is 4. The van der Waals surface area contributed by atoms with Crippen molar-refractivity contribution in [3.05, 3.63) is 49.7 Å². The molecule has 0 heterocycles. The number of Topliss-reactive ketones (excluding diaryl/α,β-unsaturated/α-hetero) is 1. The molecule has 1 unspecified atom stereocenters. The zero-order valence-corrected chi connectivity index (χ0v) is 21.3. The van der Waals surface area contributed by atoms with Crippen molar-refractivity contribution in [1.82, 2.24) is 0 Å². The highest BCUT2D eigenvalue weighted by Gasteiger charge is 2.09. The first-order valence-electron chi connectivity index (χ1n) is 6.59. The second-order valence-corrected chi connectivity index (χ2v) is 9.50. The van der Waals surface area contributed by atoms with Crippen LogP contribution in [0, 0.1) is 14.3 Å². The normalized spacial score (nSPS) is 11.5. The van der Waals surface area contributed by atoms with Gasteiger partial charge in [-0.25, -0.2) is 0 Å². The monoisotopic (exact) mass is 778 g/mol. The summed E-state index contributed by atoms with van der Waals surface area (Å²) in [4.78, 5) is 11.0. The fraction of sp³-hybridized carbons (Fsp3) is 0.188. The molecule has 24 heavy (non-hydrogen) atoms. The number of aromatic hydroxyl groups is 2. The van der Waals surface area contributed by atoms with Crippen LogP contribution >= 0.6 is 90.4 Å². The Bertz CT molecular complexity index is 714. The molecule has 8 heteroatoms. The number of aliphatic hydroxyl groups excluding tert-OH is 1. The Morgan fingerprint density at radius 2 is 1.21 bits per heavy atom. The number of aliphatic hydroxyl groups is 1. The van der Waals surface area contributed by atoms with Gasteiger partial charge in [-0.1, -0.05) is 0 Å². The minimum atomic E-state index is -0.479. The topological polar surface area (TPSA) is 77.8 Å². The zero-order chi connectivity index (χ0) is 18.6. The van der Waals surface area contributed by atoms with E-state index < -0.39 is 6.10 Å². The number of hydrogen-bond donors (Lipinski definition) is 3. The highest BCUT2D eigenvalue weighted by molar-refractivity contribution is 14.1. The standard InChI is InChI=1S/C8H8I2O2.C8H6I2O2/c2*1-4(11)5-2-6(9)8(12)7(10)3-5/h2-4,11-12H,1H3;2-3,12H,1H3. The van der Waals surface area contributed by atoms with Crippen molar-refractivity contribution in [2.24, 2.45) is 0 Å². The molecule has 130 valence electrons. The lowest BCUT2D eigenvalue weighted by molar-refractivity contribution is 0.101. The van der Waals surface area contributed by atoms with E-state index in [0.717, 1.165) is 12.7 Å². The van der Waals surface area contributed by atoms with Crippen LogP contribution in [0.1, 0.15) is 35.9 Å². The van der Waals surface area contributed by atoms with Gasteiger partial charge in [0, 0.05) is 5.56 Å². The van der Waals surface area contributed by atoms with E-state index >= 15 is 0 Å². The molecule has 2 aromatic rings. The van der Waals surface area contributed by atoms with Crippen LogP contribution in [0.5, 0.6) is 11.5 Å². The first-order chi connectivity index (χ1) is 11.0. The molecule has 0 aromatic heterocycles. The van der Waals surface area contributed by atoms with Crippen LogP contribution in [-0.4, -0.2) is 21.1 Å². The van der Waals surface area contributed by atoms with Gasteiger partial charge < -0.3 is 15.3 Å². The summed E-state index contributed by atoms with van der Waals surface area (Å²) < 4.78 is 2.97. The van der Waals surface area contributed by atoms with Crippen LogP contribution in [0.15, 0.2) is 24.3 Å². The van der Waals surface area contributed by atoms with Gasteiger partial charge in [-0.3, -0.25) is 4.79 Å². The van der Waals surface area contributed by atoms with Gasteiger partial charge in [-0.15, -0.1) is 0 Å².